The molecule has 0 amide bonds. The molecule has 3 aromatic rings. The summed E-state index contributed by atoms with van der Waals surface area (Å²) in [5.41, 5.74) is 3.09. The highest BCUT2D eigenvalue weighted by atomic mass is 35.5. The molecule has 0 atom stereocenters. The third-order valence-corrected chi connectivity index (χ3v) is 3.55. The van der Waals surface area contributed by atoms with Crippen LogP contribution >= 0.6 is 11.6 Å². The number of benzene rings is 2. The second kappa shape index (κ2) is 5.84. The fourth-order valence-corrected chi connectivity index (χ4v) is 2.36. The van der Waals surface area contributed by atoms with Gasteiger partial charge in [0, 0.05) is 10.6 Å². The number of nitrogens with one attached hydrogen (secondary N) is 1. The van der Waals surface area contributed by atoms with Crippen LogP contribution in [0.5, 0.6) is 0 Å². The summed E-state index contributed by atoms with van der Waals surface area (Å²) in [6.07, 6.45) is 1.61. The van der Waals surface area contributed by atoms with Gasteiger partial charge >= 0.3 is 0 Å². The van der Waals surface area contributed by atoms with Crippen molar-refractivity contribution in [2.24, 2.45) is 0 Å². The Morgan fingerprint density at radius 2 is 1.64 bits per heavy atom. The van der Waals surface area contributed by atoms with E-state index in [0.29, 0.717) is 16.3 Å². The van der Waals surface area contributed by atoms with Crippen LogP contribution in [0.25, 0.3) is 27.1 Å². The summed E-state index contributed by atoms with van der Waals surface area (Å²) >= 11 is 5.91. The Balaban J connectivity index is 2.20. The average molecular weight is 308 g/mol. The van der Waals surface area contributed by atoms with E-state index < -0.39 is 0 Å². The van der Waals surface area contributed by atoms with Crippen molar-refractivity contribution in [2.45, 2.75) is 0 Å². The summed E-state index contributed by atoms with van der Waals surface area (Å²) in [6.45, 7) is 6.99. The molecule has 0 bridgehead atoms. The lowest BCUT2D eigenvalue weighted by Crippen LogP contribution is -2.11. The molecule has 0 fully saturated rings. The summed E-state index contributed by atoms with van der Waals surface area (Å²) in [5.74, 6) is 0. The van der Waals surface area contributed by atoms with Crippen LogP contribution in [0.15, 0.2) is 59.5 Å². The Hall–Kier alpha value is -2.90. The largest absolute Gasteiger partial charge is 0.272 e. The molecule has 0 aliphatic rings. The summed E-state index contributed by atoms with van der Waals surface area (Å²) in [6, 6.07) is 14.1. The maximum absolute atomic E-state index is 12.2. The number of aromatic nitrogens is 2. The minimum absolute atomic E-state index is 0.275. The topological polar surface area (TPSA) is 50.1 Å². The molecule has 1 aromatic heterocycles. The fraction of sp³-hybridized carbons (Fsp3) is 0. The minimum atomic E-state index is -0.275. The molecule has 3 rings (SSSR count). The quantitative estimate of drug-likeness (QED) is 0.717. The zero-order valence-corrected chi connectivity index (χ0v) is 12.1. The van der Waals surface area contributed by atoms with Gasteiger partial charge in [-0.3, -0.25) is 4.79 Å². The van der Waals surface area contributed by atoms with E-state index in [1.165, 1.54) is 0 Å². The van der Waals surface area contributed by atoms with E-state index >= 15 is 0 Å². The Morgan fingerprint density at radius 1 is 1.00 bits per heavy atom. The van der Waals surface area contributed by atoms with Crippen LogP contribution in [0.2, 0.25) is 5.02 Å². The molecule has 22 heavy (non-hydrogen) atoms. The Morgan fingerprint density at radius 3 is 2.27 bits per heavy atom. The first kappa shape index (κ1) is 14.1. The highest BCUT2D eigenvalue weighted by Crippen LogP contribution is 2.30. The van der Waals surface area contributed by atoms with Gasteiger partial charge in [-0.1, -0.05) is 48.0 Å². The third kappa shape index (κ3) is 2.62. The van der Waals surface area contributed by atoms with E-state index in [2.05, 4.69) is 15.0 Å². The van der Waals surface area contributed by atoms with E-state index in [0.717, 1.165) is 16.7 Å². The van der Waals surface area contributed by atoms with Crippen LogP contribution in [0.4, 0.5) is 5.69 Å². The average Bonchev–Trinajstić information content (AvgIpc) is 2.55. The number of halogens is 1. The fourth-order valence-electron chi connectivity index (χ4n) is 2.24. The van der Waals surface area contributed by atoms with Crippen LogP contribution < -0.4 is 5.56 Å². The van der Waals surface area contributed by atoms with Crippen LogP contribution in [0.3, 0.4) is 0 Å². The van der Waals surface area contributed by atoms with Crippen molar-refractivity contribution in [3.63, 3.8) is 0 Å². The zero-order valence-electron chi connectivity index (χ0n) is 11.4. The van der Waals surface area contributed by atoms with Crippen molar-refractivity contribution in [2.75, 3.05) is 0 Å². The van der Waals surface area contributed by atoms with Gasteiger partial charge < -0.3 is 0 Å². The Kier molecular flexibility index (Phi) is 3.73. The Bertz CT molecular complexity index is 906. The first-order valence-electron chi connectivity index (χ1n) is 6.50. The van der Waals surface area contributed by atoms with Crippen LogP contribution in [0, 0.1) is 6.57 Å². The lowest BCUT2D eigenvalue weighted by Gasteiger charge is -2.08. The van der Waals surface area contributed by atoms with E-state index in [-0.39, 0.29) is 5.56 Å². The highest BCUT2D eigenvalue weighted by Gasteiger charge is 2.12. The number of hydrogen-bond acceptors (Lipinski definition) is 2. The van der Waals surface area contributed by atoms with Gasteiger partial charge in [0.15, 0.2) is 5.69 Å². The predicted molar refractivity (Wildman–Crippen MR) is 87.0 cm³/mol. The van der Waals surface area contributed by atoms with Gasteiger partial charge in [-0.25, -0.2) is 9.94 Å². The molecule has 4 nitrogen and oxygen atoms in total. The van der Waals surface area contributed by atoms with Gasteiger partial charge in [-0.15, -0.1) is 0 Å². The molecule has 1 heterocycles. The van der Waals surface area contributed by atoms with Crippen LogP contribution in [0.1, 0.15) is 0 Å². The highest BCUT2D eigenvalue weighted by molar-refractivity contribution is 6.30. The van der Waals surface area contributed by atoms with Gasteiger partial charge in [0.05, 0.1) is 18.3 Å². The Labute approximate surface area is 131 Å². The number of rotatable bonds is 2. The zero-order chi connectivity index (χ0) is 15.5. The summed E-state index contributed by atoms with van der Waals surface area (Å²) < 4.78 is 0. The third-order valence-electron chi connectivity index (χ3n) is 3.30. The van der Waals surface area contributed by atoms with Crippen molar-refractivity contribution in [1.29, 1.82) is 0 Å². The monoisotopic (exact) mass is 307 g/mol. The minimum Gasteiger partial charge on any atom is -0.267 e. The SMILES string of the molecule is [C-]#[N+]c1ccc(-c2c(-c3ccc(Cl)cc3)cn[nH]c2=O)cc1. The van der Waals surface area contributed by atoms with Crippen molar-refractivity contribution in [1.82, 2.24) is 10.2 Å². The lowest BCUT2D eigenvalue weighted by molar-refractivity contribution is 0.994. The van der Waals surface area contributed by atoms with E-state index in [9.17, 15) is 4.79 Å². The first-order valence-corrected chi connectivity index (χ1v) is 6.88. The van der Waals surface area contributed by atoms with Crippen molar-refractivity contribution in [3.05, 3.63) is 81.5 Å². The van der Waals surface area contributed by atoms with Gasteiger partial charge in [-0.05, 0) is 23.3 Å². The van der Waals surface area contributed by atoms with Crippen molar-refractivity contribution >= 4 is 17.3 Å². The normalized spacial score (nSPS) is 10.2. The van der Waals surface area contributed by atoms with E-state index in [1.807, 2.05) is 12.1 Å². The molecule has 5 heteroatoms. The molecular weight excluding hydrogens is 298 g/mol. The number of hydrogen-bond donors (Lipinski definition) is 1. The molecule has 0 aliphatic heterocycles. The lowest BCUT2D eigenvalue weighted by atomic mass is 9.97. The van der Waals surface area contributed by atoms with E-state index in [4.69, 9.17) is 18.2 Å². The molecule has 0 aliphatic carbocycles. The van der Waals surface area contributed by atoms with Gasteiger partial charge in [-0.2, -0.15) is 5.10 Å². The van der Waals surface area contributed by atoms with Crippen LogP contribution in [-0.2, 0) is 0 Å². The maximum Gasteiger partial charge on any atom is 0.272 e. The van der Waals surface area contributed by atoms with E-state index in [1.54, 1.807) is 42.6 Å². The van der Waals surface area contributed by atoms with Gasteiger partial charge in [0.2, 0.25) is 0 Å². The molecule has 0 spiro atoms. The summed E-state index contributed by atoms with van der Waals surface area (Å²) in [4.78, 5) is 15.6. The second-order valence-corrected chi connectivity index (χ2v) is 5.09. The first-order chi connectivity index (χ1) is 10.7. The standard InChI is InChI=1S/C17H10ClN3O/c1-19-14-8-4-12(5-9-14)16-15(10-20-21-17(16)22)11-2-6-13(18)7-3-11/h2-10H,(H,21,22). The second-order valence-electron chi connectivity index (χ2n) is 4.65. The van der Waals surface area contributed by atoms with Crippen molar-refractivity contribution < 1.29 is 0 Å². The molecule has 0 saturated heterocycles. The van der Waals surface area contributed by atoms with Gasteiger partial charge in [0.1, 0.15) is 0 Å². The number of nitrogens with zero attached hydrogens (tertiary/aromatic N) is 2. The number of H-pyrrole nitrogens is 1. The molecular formula is C17H10ClN3O. The van der Waals surface area contributed by atoms with Gasteiger partial charge in [0.25, 0.3) is 5.56 Å². The maximum atomic E-state index is 12.2. The number of aromatic amines is 1. The predicted octanol–water partition coefficient (Wildman–Crippen LogP) is 4.31. The smallest absolute Gasteiger partial charge is 0.267 e. The molecule has 2 aromatic carbocycles. The molecule has 106 valence electrons. The molecule has 0 saturated carbocycles. The van der Waals surface area contributed by atoms with Crippen molar-refractivity contribution in [3.8, 4) is 22.3 Å². The molecule has 1 N–H and O–H groups in total. The molecule has 0 radical (unpaired) electrons. The summed E-state index contributed by atoms with van der Waals surface area (Å²) in [5, 5.41) is 6.97. The molecule has 0 unspecified atom stereocenters. The summed E-state index contributed by atoms with van der Waals surface area (Å²) in [7, 11) is 0. The van der Waals surface area contributed by atoms with Crippen LogP contribution in [-0.4, -0.2) is 10.2 Å².